The minimum Gasteiger partial charge on any atom is -0.492 e. The molecule has 148 valence electrons. The van der Waals surface area contributed by atoms with Crippen molar-refractivity contribution in [2.24, 2.45) is 0 Å². The molecular formula is C25H23ClO3. The van der Waals surface area contributed by atoms with E-state index < -0.39 is 10.8 Å². The highest BCUT2D eigenvalue weighted by Crippen LogP contribution is 2.69. The Morgan fingerprint density at radius 1 is 0.862 bits per heavy atom. The molecule has 0 spiro atoms. The number of halogens is 1. The van der Waals surface area contributed by atoms with Gasteiger partial charge in [0.15, 0.2) is 0 Å². The summed E-state index contributed by atoms with van der Waals surface area (Å²) in [4.78, 5) is 13.2. The average molecular weight is 407 g/mol. The summed E-state index contributed by atoms with van der Waals surface area (Å²) in [5.74, 6) is 0.992. The predicted octanol–water partition coefficient (Wildman–Crippen LogP) is 5.11. The number of hydrogen-bond donors (Lipinski definition) is 0. The summed E-state index contributed by atoms with van der Waals surface area (Å²) >= 11 is 5.72. The molecule has 0 aromatic heterocycles. The summed E-state index contributed by atoms with van der Waals surface area (Å²) in [5.41, 5.74) is 1.88. The fourth-order valence-electron chi connectivity index (χ4n) is 4.54. The maximum Gasteiger partial charge on any atom is 0.317 e. The van der Waals surface area contributed by atoms with Crippen LogP contribution < -0.4 is 4.74 Å². The molecule has 3 aromatic carbocycles. The molecule has 3 nitrogen and oxygen atoms in total. The molecule has 3 aromatic rings. The number of carbonyl (C=O) groups is 1. The van der Waals surface area contributed by atoms with Crippen molar-refractivity contribution < 1.29 is 14.3 Å². The minimum absolute atomic E-state index is 0.213. The summed E-state index contributed by atoms with van der Waals surface area (Å²) in [5, 5.41) is 0. The first-order chi connectivity index (χ1) is 14.2. The number of esters is 1. The molecule has 0 saturated heterocycles. The number of alkyl halides is 1. The van der Waals surface area contributed by atoms with Gasteiger partial charge >= 0.3 is 5.97 Å². The van der Waals surface area contributed by atoms with Gasteiger partial charge in [-0.1, -0.05) is 72.8 Å². The fraction of sp³-hybridized carbons (Fsp3) is 0.240. The summed E-state index contributed by atoms with van der Waals surface area (Å²) in [7, 11) is 1.46. The second kappa shape index (κ2) is 7.92. The molecule has 0 bridgehead atoms. The van der Waals surface area contributed by atoms with Gasteiger partial charge in [-0.2, -0.15) is 0 Å². The van der Waals surface area contributed by atoms with Crippen LogP contribution in [0.25, 0.3) is 0 Å². The summed E-state index contributed by atoms with van der Waals surface area (Å²) in [6.45, 7) is 0.459. The second-order valence-electron chi connectivity index (χ2n) is 7.27. The molecule has 0 amide bonds. The first-order valence-corrected chi connectivity index (χ1v) is 10.2. The van der Waals surface area contributed by atoms with Crippen molar-refractivity contribution in [2.75, 3.05) is 19.6 Å². The Balaban J connectivity index is 1.87. The lowest BCUT2D eigenvalue weighted by molar-refractivity contribution is -0.144. The number of benzene rings is 3. The van der Waals surface area contributed by atoms with E-state index in [1.165, 1.54) is 7.11 Å². The van der Waals surface area contributed by atoms with Gasteiger partial charge in [0.25, 0.3) is 0 Å². The zero-order chi connectivity index (χ0) is 20.3. The molecule has 0 heterocycles. The van der Waals surface area contributed by atoms with Crippen LogP contribution in [0.3, 0.4) is 0 Å². The molecule has 1 aliphatic rings. The maximum atomic E-state index is 13.2. The topological polar surface area (TPSA) is 35.5 Å². The molecule has 2 atom stereocenters. The Bertz CT molecular complexity index is 972. The van der Waals surface area contributed by atoms with Gasteiger partial charge in [-0.15, -0.1) is 11.6 Å². The molecule has 1 fully saturated rings. The van der Waals surface area contributed by atoms with Crippen molar-refractivity contribution in [3.63, 3.8) is 0 Å². The standard InChI is InChI=1S/C25H23ClO3/c1-28-23(27)25(20-10-6-3-7-11-20)18-24(25,19-8-4-2-5-9-19)21-12-14-22(15-13-21)29-17-16-26/h2-15H,16-18H2,1H3/t24-,25-/m0/s1. The monoisotopic (exact) mass is 406 g/mol. The lowest BCUT2D eigenvalue weighted by Gasteiger charge is -2.26. The van der Waals surface area contributed by atoms with Crippen LogP contribution in [0.4, 0.5) is 0 Å². The van der Waals surface area contributed by atoms with Gasteiger partial charge in [-0.25, -0.2) is 0 Å². The van der Waals surface area contributed by atoms with Crippen molar-refractivity contribution in [2.45, 2.75) is 17.3 Å². The van der Waals surface area contributed by atoms with Gasteiger partial charge in [0.05, 0.1) is 13.0 Å². The van der Waals surface area contributed by atoms with Gasteiger partial charge in [0.2, 0.25) is 0 Å². The lowest BCUT2D eigenvalue weighted by Crippen LogP contribution is -2.32. The zero-order valence-electron chi connectivity index (χ0n) is 16.3. The van der Waals surface area contributed by atoms with Gasteiger partial charge < -0.3 is 9.47 Å². The Hall–Kier alpha value is -2.78. The minimum atomic E-state index is -0.761. The van der Waals surface area contributed by atoms with Crippen molar-refractivity contribution >= 4 is 17.6 Å². The molecular weight excluding hydrogens is 384 g/mol. The summed E-state index contributed by atoms with van der Waals surface area (Å²) in [6, 6.07) is 28.1. The molecule has 4 rings (SSSR count). The van der Waals surface area contributed by atoms with E-state index in [9.17, 15) is 4.79 Å². The number of rotatable bonds is 7. The molecule has 29 heavy (non-hydrogen) atoms. The van der Waals surface area contributed by atoms with E-state index in [0.29, 0.717) is 18.9 Å². The van der Waals surface area contributed by atoms with Crippen LogP contribution in [0, 0.1) is 0 Å². The van der Waals surface area contributed by atoms with E-state index in [1.54, 1.807) is 0 Å². The van der Waals surface area contributed by atoms with Gasteiger partial charge in [-0.05, 0) is 35.2 Å². The first-order valence-electron chi connectivity index (χ1n) is 9.68. The van der Waals surface area contributed by atoms with Crippen LogP contribution in [0.5, 0.6) is 5.75 Å². The quantitative estimate of drug-likeness (QED) is 0.404. The largest absolute Gasteiger partial charge is 0.492 e. The molecule has 0 radical (unpaired) electrons. The second-order valence-corrected chi connectivity index (χ2v) is 7.65. The van der Waals surface area contributed by atoms with Crippen LogP contribution in [-0.2, 0) is 20.4 Å². The summed E-state index contributed by atoms with van der Waals surface area (Å²) in [6.07, 6.45) is 0.655. The van der Waals surface area contributed by atoms with Gasteiger partial charge in [0, 0.05) is 5.41 Å². The normalized spacial score (nSPS) is 22.7. The van der Waals surface area contributed by atoms with Crippen molar-refractivity contribution in [3.8, 4) is 5.75 Å². The molecule has 1 aliphatic carbocycles. The zero-order valence-corrected chi connectivity index (χ0v) is 17.1. The third-order valence-corrected chi connectivity index (χ3v) is 6.05. The Kier molecular flexibility index (Phi) is 5.33. The predicted molar refractivity (Wildman–Crippen MR) is 115 cm³/mol. The van der Waals surface area contributed by atoms with E-state index in [-0.39, 0.29) is 5.97 Å². The van der Waals surface area contributed by atoms with E-state index in [1.807, 2.05) is 72.8 Å². The third-order valence-electron chi connectivity index (χ3n) is 5.89. The first kappa shape index (κ1) is 19.5. The van der Waals surface area contributed by atoms with E-state index in [4.69, 9.17) is 21.1 Å². The van der Waals surface area contributed by atoms with Crippen LogP contribution >= 0.6 is 11.6 Å². The molecule has 0 unspecified atom stereocenters. The fourth-order valence-corrected chi connectivity index (χ4v) is 4.62. The van der Waals surface area contributed by atoms with Crippen LogP contribution in [-0.4, -0.2) is 25.6 Å². The Morgan fingerprint density at radius 2 is 1.41 bits per heavy atom. The number of carbonyl (C=O) groups excluding carboxylic acids is 1. The van der Waals surface area contributed by atoms with Gasteiger partial charge in [0.1, 0.15) is 17.8 Å². The molecule has 4 heteroatoms. The Morgan fingerprint density at radius 3 is 1.97 bits per heavy atom. The van der Waals surface area contributed by atoms with Gasteiger partial charge in [-0.3, -0.25) is 4.79 Å². The van der Waals surface area contributed by atoms with Crippen LogP contribution in [0.1, 0.15) is 23.1 Å². The van der Waals surface area contributed by atoms with Crippen molar-refractivity contribution in [1.82, 2.24) is 0 Å². The lowest BCUT2D eigenvalue weighted by atomic mass is 9.77. The number of methoxy groups -OCH3 is 1. The number of hydrogen-bond acceptors (Lipinski definition) is 3. The van der Waals surface area contributed by atoms with E-state index in [0.717, 1.165) is 22.4 Å². The SMILES string of the molecule is COC(=O)[C@@]1(c2ccccc2)C[C@]1(c1ccccc1)c1ccc(OCCCl)cc1. The van der Waals surface area contributed by atoms with E-state index in [2.05, 4.69) is 12.1 Å². The maximum absolute atomic E-state index is 13.2. The molecule has 1 saturated carbocycles. The van der Waals surface area contributed by atoms with E-state index >= 15 is 0 Å². The highest BCUT2D eigenvalue weighted by molar-refractivity contribution is 6.18. The third kappa shape index (κ3) is 3.10. The van der Waals surface area contributed by atoms with Crippen molar-refractivity contribution in [1.29, 1.82) is 0 Å². The number of ether oxygens (including phenoxy) is 2. The van der Waals surface area contributed by atoms with Crippen LogP contribution in [0.15, 0.2) is 84.9 Å². The Labute approximate surface area is 176 Å². The average Bonchev–Trinajstić information content (AvgIpc) is 3.51. The summed E-state index contributed by atoms with van der Waals surface area (Å²) < 4.78 is 11.0. The van der Waals surface area contributed by atoms with Crippen LogP contribution in [0.2, 0.25) is 0 Å². The smallest absolute Gasteiger partial charge is 0.317 e. The van der Waals surface area contributed by atoms with Crippen molar-refractivity contribution in [3.05, 3.63) is 102 Å². The molecule has 0 N–H and O–H groups in total. The highest BCUT2D eigenvalue weighted by Gasteiger charge is 2.74. The molecule has 0 aliphatic heterocycles. The highest BCUT2D eigenvalue weighted by atomic mass is 35.5.